The fraction of sp³-hybridized carbons (Fsp3) is 0.280. The number of nitrogens with zero attached hydrogens (tertiary/aromatic N) is 3. The number of allylic oxidation sites excluding steroid dienone is 1. The Morgan fingerprint density at radius 3 is 2.74 bits per heavy atom. The van der Waals surface area contributed by atoms with Crippen molar-refractivity contribution in [3.63, 3.8) is 0 Å². The summed E-state index contributed by atoms with van der Waals surface area (Å²) in [7, 11) is 0. The van der Waals surface area contributed by atoms with Crippen LogP contribution < -0.4 is 10.5 Å². The van der Waals surface area contributed by atoms with Crippen LogP contribution in [0.25, 0.3) is 21.8 Å². The Morgan fingerprint density at radius 1 is 1.16 bits per heavy atom. The summed E-state index contributed by atoms with van der Waals surface area (Å²) in [4.78, 5) is 0. The molecule has 0 amide bonds. The van der Waals surface area contributed by atoms with E-state index in [2.05, 4.69) is 77.1 Å². The van der Waals surface area contributed by atoms with Crippen LogP contribution in [0.2, 0.25) is 0 Å². The van der Waals surface area contributed by atoms with Crippen LogP contribution in [-0.2, 0) is 13.0 Å². The highest BCUT2D eigenvalue weighted by Crippen LogP contribution is 2.44. The van der Waals surface area contributed by atoms with E-state index in [0.717, 1.165) is 42.6 Å². The zero-order chi connectivity index (χ0) is 21.5. The first-order valence-electron chi connectivity index (χ1n) is 10.8. The normalized spacial score (nSPS) is 15.8. The van der Waals surface area contributed by atoms with E-state index >= 15 is 0 Å². The SMILES string of the molecule is CCCCc1[nH]nc2c1[C@H](c1ccc3c(c1)c1ccccc1n3CC)C(C#N)=C(N)O2. The molecule has 0 unspecified atom stereocenters. The van der Waals surface area contributed by atoms with Gasteiger partial charge in [0.1, 0.15) is 11.6 Å². The first kappa shape index (κ1) is 19.3. The van der Waals surface area contributed by atoms with Crippen LogP contribution in [0, 0.1) is 11.3 Å². The standard InChI is InChI=1S/C25H25N5O/c1-3-5-9-19-23-22(18(14-26)24(27)31-25(23)29-28-19)15-11-12-21-17(13-15)16-8-6-7-10-20(16)30(21)4-2/h6-8,10-13,22H,3-5,9,27H2,1-2H3,(H,28,29)/t22-/m1/s1. The smallest absolute Gasteiger partial charge is 0.244 e. The van der Waals surface area contributed by atoms with Gasteiger partial charge in [-0.1, -0.05) is 37.6 Å². The van der Waals surface area contributed by atoms with Crippen LogP contribution in [0.15, 0.2) is 53.9 Å². The monoisotopic (exact) mass is 411 g/mol. The molecule has 0 bridgehead atoms. The van der Waals surface area contributed by atoms with Crippen molar-refractivity contribution in [1.82, 2.24) is 14.8 Å². The van der Waals surface area contributed by atoms with Gasteiger partial charge in [-0.25, -0.2) is 0 Å². The topological polar surface area (TPSA) is 92.7 Å². The molecule has 2 aromatic heterocycles. The summed E-state index contributed by atoms with van der Waals surface area (Å²) >= 11 is 0. The van der Waals surface area contributed by atoms with Crippen molar-refractivity contribution >= 4 is 21.8 Å². The number of nitriles is 1. The minimum atomic E-state index is -0.299. The van der Waals surface area contributed by atoms with Gasteiger partial charge in [-0.2, -0.15) is 5.26 Å². The highest BCUT2D eigenvalue weighted by Gasteiger charge is 2.35. The molecule has 4 aromatic rings. The highest BCUT2D eigenvalue weighted by atomic mass is 16.5. The van der Waals surface area contributed by atoms with Crippen LogP contribution in [0.1, 0.15) is 49.4 Å². The second kappa shape index (κ2) is 7.51. The van der Waals surface area contributed by atoms with Crippen LogP contribution in [-0.4, -0.2) is 14.8 Å². The molecular formula is C25H25N5O. The van der Waals surface area contributed by atoms with Crippen molar-refractivity contribution in [2.75, 3.05) is 0 Å². The number of ether oxygens (including phenoxy) is 1. The third kappa shape index (κ3) is 2.89. The molecule has 0 aliphatic carbocycles. The number of para-hydroxylation sites is 1. The maximum Gasteiger partial charge on any atom is 0.244 e. The van der Waals surface area contributed by atoms with E-state index in [0.29, 0.717) is 11.5 Å². The number of nitrogens with one attached hydrogen (secondary N) is 1. The average molecular weight is 412 g/mol. The van der Waals surface area contributed by atoms with Gasteiger partial charge in [0.05, 0.1) is 5.92 Å². The quantitative estimate of drug-likeness (QED) is 0.478. The Morgan fingerprint density at radius 2 is 1.97 bits per heavy atom. The molecule has 1 atom stereocenters. The number of hydrogen-bond donors (Lipinski definition) is 2. The molecule has 0 fully saturated rings. The highest BCUT2D eigenvalue weighted by molar-refractivity contribution is 6.08. The zero-order valence-corrected chi connectivity index (χ0v) is 17.8. The summed E-state index contributed by atoms with van der Waals surface area (Å²) in [5.41, 5.74) is 11.9. The van der Waals surface area contributed by atoms with Crippen molar-refractivity contribution in [3.8, 4) is 11.9 Å². The summed E-state index contributed by atoms with van der Waals surface area (Å²) in [6.45, 7) is 5.21. The maximum atomic E-state index is 9.95. The lowest BCUT2D eigenvalue weighted by Gasteiger charge is -2.24. The van der Waals surface area contributed by atoms with Gasteiger partial charge in [-0.05, 0) is 43.5 Å². The minimum absolute atomic E-state index is 0.129. The van der Waals surface area contributed by atoms with Crippen molar-refractivity contribution in [2.24, 2.45) is 5.73 Å². The Hall–Kier alpha value is -3.72. The molecule has 5 rings (SSSR count). The third-order valence-electron chi connectivity index (χ3n) is 6.24. The first-order chi connectivity index (χ1) is 15.2. The average Bonchev–Trinajstić information content (AvgIpc) is 3.34. The minimum Gasteiger partial charge on any atom is -0.420 e. The van der Waals surface area contributed by atoms with Crippen LogP contribution in [0.5, 0.6) is 5.88 Å². The molecule has 0 saturated carbocycles. The van der Waals surface area contributed by atoms with Crippen LogP contribution >= 0.6 is 0 Å². The number of H-pyrrole nitrogens is 1. The lowest BCUT2D eigenvalue weighted by Crippen LogP contribution is -2.21. The van der Waals surface area contributed by atoms with Gasteiger partial charge < -0.3 is 15.0 Å². The molecule has 0 spiro atoms. The number of nitrogens with two attached hydrogens (primary N) is 1. The maximum absolute atomic E-state index is 9.95. The molecular weight excluding hydrogens is 386 g/mol. The number of fused-ring (bicyclic) bond motifs is 4. The zero-order valence-electron chi connectivity index (χ0n) is 17.8. The summed E-state index contributed by atoms with van der Waals surface area (Å²) in [6.07, 6.45) is 2.96. The molecule has 6 heteroatoms. The van der Waals surface area contributed by atoms with Gasteiger partial charge in [0.15, 0.2) is 0 Å². The fourth-order valence-corrected chi connectivity index (χ4v) is 4.78. The summed E-state index contributed by atoms with van der Waals surface area (Å²) in [5, 5.41) is 19.8. The summed E-state index contributed by atoms with van der Waals surface area (Å²) < 4.78 is 8.04. The summed E-state index contributed by atoms with van der Waals surface area (Å²) in [6, 6.07) is 17.2. The van der Waals surface area contributed by atoms with Crippen molar-refractivity contribution < 1.29 is 4.74 Å². The molecule has 0 radical (unpaired) electrons. The summed E-state index contributed by atoms with van der Waals surface area (Å²) in [5.74, 6) is 0.306. The van der Waals surface area contributed by atoms with Crippen LogP contribution in [0.3, 0.4) is 0 Å². The predicted molar refractivity (Wildman–Crippen MR) is 122 cm³/mol. The molecule has 3 N–H and O–H groups in total. The molecule has 0 saturated heterocycles. The first-order valence-corrected chi connectivity index (χ1v) is 10.8. The second-order valence-electron chi connectivity index (χ2n) is 7.99. The van der Waals surface area contributed by atoms with E-state index < -0.39 is 0 Å². The van der Waals surface area contributed by atoms with E-state index in [-0.39, 0.29) is 11.8 Å². The molecule has 31 heavy (non-hydrogen) atoms. The number of aromatic amines is 1. The van der Waals surface area contributed by atoms with Gasteiger partial charge in [0.25, 0.3) is 0 Å². The Bertz CT molecular complexity index is 1370. The molecule has 1 aliphatic heterocycles. The van der Waals surface area contributed by atoms with Crippen LogP contribution in [0.4, 0.5) is 0 Å². The molecule has 2 aromatic carbocycles. The van der Waals surface area contributed by atoms with E-state index in [1.165, 1.54) is 21.8 Å². The fourth-order valence-electron chi connectivity index (χ4n) is 4.78. The number of aromatic nitrogens is 3. The largest absolute Gasteiger partial charge is 0.420 e. The number of rotatable bonds is 5. The lowest BCUT2D eigenvalue weighted by molar-refractivity contribution is 0.378. The number of aryl methyl sites for hydroxylation is 2. The van der Waals surface area contributed by atoms with E-state index in [4.69, 9.17) is 10.5 Å². The van der Waals surface area contributed by atoms with Gasteiger partial charge >= 0.3 is 0 Å². The number of hydrogen-bond acceptors (Lipinski definition) is 4. The predicted octanol–water partition coefficient (Wildman–Crippen LogP) is 5.10. The molecule has 3 heterocycles. The van der Waals surface area contributed by atoms with Crippen molar-refractivity contribution in [3.05, 3.63) is 70.7 Å². The van der Waals surface area contributed by atoms with Crippen molar-refractivity contribution in [1.29, 1.82) is 5.26 Å². The van der Waals surface area contributed by atoms with Crippen molar-refractivity contribution in [2.45, 2.75) is 45.6 Å². The Kier molecular flexibility index (Phi) is 4.67. The lowest BCUT2D eigenvalue weighted by atomic mass is 9.83. The second-order valence-corrected chi connectivity index (χ2v) is 7.99. The van der Waals surface area contributed by atoms with E-state index in [9.17, 15) is 5.26 Å². The number of unbranched alkanes of at least 4 members (excludes halogenated alkanes) is 1. The molecule has 156 valence electrons. The molecule has 6 nitrogen and oxygen atoms in total. The molecule has 1 aliphatic rings. The van der Waals surface area contributed by atoms with Gasteiger partial charge in [-0.15, -0.1) is 5.10 Å². The number of benzene rings is 2. The van der Waals surface area contributed by atoms with E-state index in [1.54, 1.807) is 0 Å². The van der Waals surface area contributed by atoms with Gasteiger partial charge in [-0.3, -0.25) is 5.10 Å². The van der Waals surface area contributed by atoms with Gasteiger partial charge in [0.2, 0.25) is 11.8 Å². The third-order valence-corrected chi connectivity index (χ3v) is 6.24. The Balaban J connectivity index is 1.75. The Labute approximate surface area is 180 Å². The van der Waals surface area contributed by atoms with E-state index in [1.807, 2.05) is 0 Å². The van der Waals surface area contributed by atoms with Gasteiger partial charge in [0, 0.05) is 39.6 Å².